The Kier molecular flexibility index (Phi) is 2.67. The number of aryl methyl sites for hydroxylation is 1. The Morgan fingerprint density at radius 3 is 2.84 bits per heavy atom. The summed E-state index contributed by atoms with van der Waals surface area (Å²) in [6.07, 6.45) is 1.68. The number of nitrogens with one attached hydrogen (secondary N) is 1. The largest absolute Gasteiger partial charge is 0.496 e. The standard InChI is InChI=1S/C14H12FN3O/c1-8-6-7-16-14-12(8)17-13(18-14)11-9(15)4-3-5-10(11)19-2/h3-7H,1-2H3,(H,16,17,18). The van der Waals surface area contributed by atoms with Gasteiger partial charge in [0.25, 0.3) is 0 Å². The number of ether oxygens (including phenoxy) is 1. The van der Waals surface area contributed by atoms with Gasteiger partial charge < -0.3 is 9.72 Å². The van der Waals surface area contributed by atoms with Gasteiger partial charge in [-0.1, -0.05) is 6.07 Å². The number of hydrogen-bond donors (Lipinski definition) is 1. The van der Waals surface area contributed by atoms with Crippen molar-refractivity contribution in [2.45, 2.75) is 6.92 Å². The average molecular weight is 257 g/mol. The number of benzene rings is 1. The van der Waals surface area contributed by atoms with Gasteiger partial charge >= 0.3 is 0 Å². The number of hydrogen-bond acceptors (Lipinski definition) is 3. The van der Waals surface area contributed by atoms with Crippen LogP contribution < -0.4 is 4.74 Å². The first-order chi connectivity index (χ1) is 9.20. The number of methoxy groups -OCH3 is 1. The van der Waals surface area contributed by atoms with Crippen LogP contribution in [0.2, 0.25) is 0 Å². The minimum absolute atomic E-state index is 0.322. The summed E-state index contributed by atoms with van der Waals surface area (Å²) in [7, 11) is 1.50. The molecule has 0 spiro atoms. The summed E-state index contributed by atoms with van der Waals surface area (Å²) in [6, 6.07) is 6.56. The summed E-state index contributed by atoms with van der Waals surface area (Å²) >= 11 is 0. The van der Waals surface area contributed by atoms with Crippen molar-refractivity contribution < 1.29 is 9.13 Å². The second-order valence-electron chi connectivity index (χ2n) is 4.23. The number of imidazole rings is 1. The predicted octanol–water partition coefficient (Wildman–Crippen LogP) is 3.08. The maximum absolute atomic E-state index is 14.0. The first kappa shape index (κ1) is 11.6. The second kappa shape index (κ2) is 4.35. The Bertz CT molecular complexity index is 752. The second-order valence-corrected chi connectivity index (χ2v) is 4.23. The van der Waals surface area contributed by atoms with Gasteiger partial charge in [-0.15, -0.1) is 0 Å². The van der Waals surface area contributed by atoms with Gasteiger partial charge in [-0.25, -0.2) is 14.4 Å². The third-order valence-corrected chi connectivity index (χ3v) is 3.03. The first-order valence-electron chi connectivity index (χ1n) is 5.85. The van der Waals surface area contributed by atoms with Crippen molar-refractivity contribution in [1.29, 1.82) is 0 Å². The summed E-state index contributed by atoms with van der Waals surface area (Å²) in [5.41, 5.74) is 2.71. The number of rotatable bonds is 2. The molecular weight excluding hydrogens is 245 g/mol. The van der Waals surface area contributed by atoms with Gasteiger partial charge in [0, 0.05) is 6.20 Å². The zero-order valence-corrected chi connectivity index (χ0v) is 10.6. The molecule has 0 bridgehead atoms. The van der Waals surface area contributed by atoms with Gasteiger partial charge in [-0.05, 0) is 30.7 Å². The lowest BCUT2D eigenvalue weighted by Gasteiger charge is -2.06. The van der Waals surface area contributed by atoms with Gasteiger partial charge in [0.2, 0.25) is 0 Å². The van der Waals surface area contributed by atoms with Gasteiger partial charge in [-0.3, -0.25) is 0 Å². The molecule has 96 valence electrons. The van der Waals surface area contributed by atoms with E-state index in [0.29, 0.717) is 22.8 Å². The van der Waals surface area contributed by atoms with E-state index in [1.807, 2.05) is 13.0 Å². The van der Waals surface area contributed by atoms with Gasteiger partial charge in [0.05, 0.1) is 18.2 Å². The molecule has 0 saturated heterocycles. The van der Waals surface area contributed by atoms with Crippen LogP contribution in [0.15, 0.2) is 30.5 Å². The summed E-state index contributed by atoms with van der Waals surface area (Å²) in [6.45, 7) is 1.95. The van der Waals surface area contributed by atoms with E-state index < -0.39 is 0 Å². The third kappa shape index (κ3) is 1.83. The smallest absolute Gasteiger partial charge is 0.178 e. The number of nitrogens with zero attached hydrogens (tertiary/aromatic N) is 2. The quantitative estimate of drug-likeness (QED) is 0.767. The first-order valence-corrected chi connectivity index (χ1v) is 5.85. The third-order valence-electron chi connectivity index (χ3n) is 3.03. The van der Waals surface area contributed by atoms with E-state index in [4.69, 9.17) is 4.74 Å². The number of fused-ring (bicyclic) bond motifs is 1. The van der Waals surface area contributed by atoms with Crippen LogP contribution in [0.25, 0.3) is 22.6 Å². The fourth-order valence-corrected chi connectivity index (χ4v) is 2.06. The number of H-pyrrole nitrogens is 1. The minimum atomic E-state index is -0.379. The van der Waals surface area contributed by atoms with E-state index in [-0.39, 0.29) is 5.82 Å². The highest BCUT2D eigenvalue weighted by atomic mass is 19.1. The molecule has 0 aliphatic rings. The van der Waals surface area contributed by atoms with E-state index in [0.717, 1.165) is 11.1 Å². The lowest BCUT2D eigenvalue weighted by Crippen LogP contribution is -1.92. The molecule has 0 radical (unpaired) electrons. The maximum Gasteiger partial charge on any atom is 0.178 e. The Morgan fingerprint density at radius 2 is 2.11 bits per heavy atom. The monoisotopic (exact) mass is 257 g/mol. The highest BCUT2D eigenvalue weighted by Gasteiger charge is 2.16. The van der Waals surface area contributed by atoms with Crippen molar-refractivity contribution in [2.24, 2.45) is 0 Å². The molecule has 0 saturated carbocycles. The molecule has 0 fully saturated rings. The fourth-order valence-electron chi connectivity index (χ4n) is 2.06. The molecule has 0 aliphatic heterocycles. The fraction of sp³-hybridized carbons (Fsp3) is 0.143. The summed E-state index contributed by atoms with van der Waals surface area (Å²) < 4.78 is 19.2. The van der Waals surface area contributed by atoms with Gasteiger partial charge in [0.15, 0.2) is 5.65 Å². The van der Waals surface area contributed by atoms with Crippen LogP contribution in [0.5, 0.6) is 5.75 Å². The number of aromatic amines is 1. The number of halogens is 1. The summed E-state index contributed by atoms with van der Waals surface area (Å²) in [5.74, 6) is 0.486. The van der Waals surface area contributed by atoms with Gasteiger partial charge in [-0.2, -0.15) is 0 Å². The molecule has 3 aromatic rings. The highest BCUT2D eigenvalue weighted by molar-refractivity contribution is 5.80. The van der Waals surface area contributed by atoms with Crippen LogP contribution >= 0.6 is 0 Å². The Hall–Kier alpha value is -2.43. The molecule has 0 atom stereocenters. The Morgan fingerprint density at radius 1 is 1.26 bits per heavy atom. The molecule has 3 rings (SSSR count). The molecule has 4 nitrogen and oxygen atoms in total. The number of aromatic nitrogens is 3. The van der Waals surface area contributed by atoms with E-state index >= 15 is 0 Å². The zero-order valence-electron chi connectivity index (χ0n) is 10.6. The van der Waals surface area contributed by atoms with Crippen LogP contribution in [0.3, 0.4) is 0 Å². The van der Waals surface area contributed by atoms with Crippen molar-refractivity contribution in [3.63, 3.8) is 0 Å². The molecule has 0 amide bonds. The topological polar surface area (TPSA) is 50.8 Å². The Balaban J connectivity index is 2.28. The van der Waals surface area contributed by atoms with Gasteiger partial charge in [0.1, 0.15) is 17.4 Å². The maximum atomic E-state index is 14.0. The predicted molar refractivity (Wildman–Crippen MR) is 70.6 cm³/mol. The molecule has 0 unspecified atom stereocenters. The molecule has 1 N–H and O–H groups in total. The van der Waals surface area contributed by atoms with Crippen LogP contribution in [0.1, 0.15) is 5.56 Å². The SMILES string of the molecule is COc1cccc(F)c1-c1nc2nccc(C)c2[nH]1. The Labute approximate surface area is 109 Å². The molecule has 5 heteroatoms. The van der Waals surface area contributed by atoms with Crippen molar-refractivity contribution in [1.82, 2.24) is 15.0 Å². The van der Waals surface area contributed by atoms with Crippen molar-refractivity contribution in [2.75, 3.05) is 7.11 Å². The lowest BCUT2D eigenvalue weighted by molar-refractivity contribution is 0.413. The highest BCUT2D eigenvalue weighted by Crippen LogP contribution is 2.31. The van der Waals surface area contributed by atoms with Crippen LogP contribution in [0.4, 0.5) is 4.39 Å². The van der Waals surface area contributed by atoms with Crippen molar-refractivity contribution in [3.8, 4) is 17.1 Å². The van der Waals surface area contributed by atoms with Crippen molar-refractivity contribution >= 4 is 11.2 Å². The van der Waals surface area contributed by atoms with E-state index in [2.05, 4.69) is 15.0 Å². The minimum Gasteiger partial charge on any atom is -0.496 e. The van der Waals surface area contributed by atoms with E-state index in [9.17, 15) is 4.39 Å². The molecular formula is C14H12FN3O. The summed E-state index contributed by atoms with van der Waals surface area (Å²) in [4.78, 5) is 11.6. The van der Waals surface area contributed by atoms with Crippen LogP contribution in [-0.2, 0) is 0 Å². The molecule has 0 aliphatic carbocycles. The van der Waals surface area contributed by atoms with E-state index in [1.54, 1.807) is 18.3 Å². The van der Waals surface area contributed by atoms with Crippen LogP contribution in [0, 0.1) is 12.7 Å². The van der Waals surface area contributed by atoms with Crippen molar-refractivity contribution in [3.05, 3.63) is 41.8 Å². The molecule has 1 aromatic carbocycles. The molecule has 2 heterocycles. The number of pyridine rings is 1. The molecule has 19 heavy (non-hydrogen) atoms. The normalized spacial score (nSPS) is 10.9. The lowest BCUT2D eigenvalue weighted by atomic mass is 10.2. The summed E-state index contributed by atoms with van der Waals surface area (Å²) in [5, 5.41) is 0. The average Bonchev–Trinajstić information content (AvgIpc) is 2.83. The van der Waals surface area contributed by atoms with E-state index in [1.165, 1.54) is 13.2 Å². The molecule has 2 aromatic heterocycles. The zero-order chi connectivity index (χ0) is 13.4. The van der Waals surface area contributed by atoms with Crippen LogP contribution in [-0.4, -0.2) is 22.1 Å².